The Morgan fingerprint density at radius 2 is 1.97 bits per heavy atom. The summed E-state index contributed by atoms with van der Waals surface area (Å²) in [5.41, 5.74) is 3.02. The summed E-state index contributed by atoms with van der Waals surface area (Å²) in [5, 5.41) is 13.4. The van der Waals surface area contributed by atoms with Crippen molar-refractivity contribution in [3.05, 3.63) is 64.9 Å². The van der Waals surface area contributed by atoms with E-state index in [4.69, 9.17) is 4.98 Å². The van der Waals surface area contributed by atoms with Gasteiger partial charge < -0.3 is 9.88 Å². The molecule has 1 saturated carbocycles. The Balaban J connectivity index is 1.20. The van der Waals surface area contributed by atoms with Gasteiger partial charge in [0.1, 0.15) is 5.82 Å². The molecule has 2 heterocycles. The van der Waals surface area contributed by atoms with Crippen LogP contribution in [0.15, 0.2) is 53.7 Å². The minimum absolute atomic E-state index is 0.0347. The summed E-state index contributed by atoms with van der Waals surface area (Å²) < 4.78 is 3.35. The van der Waals surface area contributed by atoms with E-state index < -0.39 is 0 Å². The summed E-state index contributed by atoms with van der Waals surface area (Å²) in [6.45, 7) is 4.83. The highest BCUT2D eigenvalue weighted by Gasteiger charge is 2.30. The summed E-state index contributed by atoms with van der Waals surface area (Å²) >= 11 is 3.19. The van der Waals surface area contributed by atoms with E-state index in [1.807, 2.05) is 37.3 Å². The minimum atomic E-state index is -0.265. The predicted octanol–water partition coefficient (Wildman–Crippen LogP) is 5.50. The highest BCUT2D eigenvalue weighted by Crippen LogP contribution is 2.40. The normalized spacial score (nSPS) is 14.6. The fraction of sp³-hybridized carbons (Fsp3) is 0.333. The van der Waals surface area contributed by atoms with Gasteiger partial charge in [-0.05, 0) is 56.5 Å². The predicted molar refractivity (Wildman–Crippen MR) is 130 cm³/mol. The van der Waals surface area contributed by atoms with E-state index >= 15 is 0 Å². The molecule has 1 atom stereocenters. The zero-order valence-electron chi connectivity index (χ0n) is 18.1. The van der Waals surface area contributed by atoms with Crippen LogP contribution in [-0.2, 0) is 17.8 Å². The third-order valence-corrected chi connectivity index (χ3v) is 7.69. The quantitative estimate of drug-likeness (QED) is 0.350. The minimum Gasteiger partial charge on any atom is -0.325 e. The van der Waals surface area contributed by atoms with Crippen LogP contribution in [0, 0.1) is 0 Å². The van der Waals surface area contributed by atoms with Crippen LogP contribution >= 0.6 is 23.1 Å². The largest absolute Gasteiger partial charge is 0.325 e. The van der Waals surface area contributed by atoms with Crippen LogP contribution in [0.5, 0.6) is 0 Å². The van der Waals surface area contributed by atoms with Gasteiger partial charge in [-0.2, -0.15) is 0 Å². The standard InChI is InChI=1S/C24H25N5OS2/c1-3-29-22(17-10-11-17)27-28-24(29)31-15(2)23(30)25-18-12-8-16(9-13-18)14-21-26-19-6-4-5-7-20(19)32-21/h4-9,12-13,15,17H,3,10-11,14H2,1-2H3,(H,25,30)/t15-/m1/s1. The Bertz CT molecular complexity index is 1210. The Morgan fingerprint density at radius 1 is 1.19 bits per heavy atom. The first-order valence-electron chi connectivity index (χ1n) is 10.9. The van der Waals surface area contributed by atoms with Crippen LogP contribution < -0.4 is 5.32 Å². The molecule has 164 valence electrons. The van der Waals surface area contributed by atoms with Crippen molar-refractivity contribution in [3.8, 4) is 0 Å². The van der Waals surface area contributed by atoms with Crippen LogP contribution in [-0.4, -0.2) is 30.9 Å². The first-order chi connectivity index (χ1) is 15.6. The summed E-state index contributed by atoms with van der Waals surface area (Å²) in [7, 11) is 0. The van der Waals surface area contributed by atoms with Gasteiger partial charge in [0.15, 0.2) is 5.16 Å². The number of carbonyl (C=O) groups is 1. The van der Waals surface area contributed by atoms with Gasteiger partial charge in [0.25, 0.3) is 0 Å². The third-order valence-electron chi connectivity index (χ3n) is 5.57. The molecule has 32 heavy (non-hydrogen) atoms. The number of amides is 1. The molecule has 1 N–H and O–H groups in total. The first-order valence-corrected chi connectivity index (χ1v) is 12.6. The van der Waals surface area contributed by atoms with Crippen LogP contribution in [0.3, 0.4) is 0 Å². The molecule has 2 aromatic heterocycles. The lowest BCUT2D eigenvalue weighted by Crippen LogP contribution is -2.23. The van der Waals surface area contributed by atoms with Gasteiger partial charge in [0, 0.05) is 24.6 Å². The second-order valence-electron chi connectivity index (χ2n) is 8.06. The van der Waals surface area contributed by atoms with Gasteiger partial charge in [-0.3, -0.25) is 4.79 Å². The molecule has 0 spiro atoms. The van der Waals surface area contributed by atoms with Gasteiger partial charge in [-0.15, -0.1) is 21.5 Å². The van der Waals surface area contributed by atoms with Crippen molar-refractivity contribution < 1.29 is 4.79 Å². The van der Waals surface area contributed by atoms with Gasteiger partial charge in [-0.1, -0.05) is 36.0 Å². The highest BCUT2D eigenvalue weighted by atomic mass is 32.2. The fourth-order valence-electron chi connectivity index (χ4n) is 3.66. The summed E-state index contributed by atoms with van der Waals surface area (Å²) in [6.07, 6.45) is 3.16. The maximum atomic E-state index is 12.7. The molecule has 0 aliphatic heterocycles. The molecule has 0 unspecified atom stereocenters. The number of para-hydroxylation sites is 1. The molecular weight excluding hydrogens is 438 g/mol. The molecule has 1 fully saturated rings. The van der Waals surface area contributed by atoms with Crippen molar-refractivity contribution >= 4 is 44.9 Å². The number of carbonyl (C=O) groups excluding carboxylic acids is 1. The molecule has 2 aromatic carbocycles. The SMILES string of the molecule is CCn1c(S[C@H](C)C(=O)Nc2ccc(Cc3nc4ccccc4s3)cc2)nnc1C1CC1. The van der Waals surface area contributed by atoms with Crippen molar-refractivity contribution in [3.63, 3.8) is 0 Å². The van der Waals surface area contributed by atoms with Gasteiger partial charge in [0.05, 0.1) is 20.5 Å². The lowest BCUT2D eigenvalue weighted by Gasteiger charge is -2.13. The molecule has 6 nitrogen and oxygen atoms in total. The first kappa shape index (κ1) is 21.2. The highest BCUT2D eigenvalue weighted by molar-refractivity contribution is 8.00. The number of thioether (sulfide) groups is 1. The summed E-state index contributed by atoms with van der Waals surface area (Å²) in [6, 6.07) is 16.2. The van der Waals surface area contributed by atoms with Gasteiger partial charge >= 0.3 is 0 Å². The van der Waals surface area contributed by atoms with E-state index in [1.165, 1.54) is 34.9 Å². The van der Waals surface area contributed by atoms with E-state index in [-0.39, 0.29) is 11.2 Å². The molecule has 0 saturated heterocycles. The zero-order chi connectivity index (χ0) is 22.1. The monoisotopic (exact) mass is 463 g/mol. The second kappa shape index (κ2) is 9.03. The topological polar surface area (TPSA) is 72.7 Å². The Hall–Kier alpha value is -2.71. The van der Waals surface area contributed by atoms with Crippen molar-refractivity contribution in [2.45, 2.75) is 56.0 Å². The number of nitrogens with zero attached hydrogens (tertiary/aromatic N) is 4. The Kier molecular flexibility index (Phi) is 5.97. The number of hydrogen-bond donors (Lipinski definition) is 1. The molecule has 4 aromatic rings. The van der Waals surface area contributed by atoms with Crippen molar-refractivity contribution in [1.29, 1.82) is 0 Å². The number of benzene rings is 2. The lowest BCUT2D eigenvalue weighted by atomic mass is 10.1. The number of nitrogens with one attached hydrogen (secondary N) is 1. The molecule has 1 aliphatic rings. The number of hydrogen-bond acceptors (Lipinski definition) is 6. The molecule has 1 amide bonds. The van der Waals surface area contributed by atoms with Crippen LogP contribution in [0.2, 0.25) is 0 Å². The third kappa shape index (κ3) is 4.56. The molecule has 0 bridgehead atoms. The van der Waals surface area contributed by atoms with Gasteiger partial charge in [-0.25, -0.2) is 4.98 Å². The molecule has 5 rings (SSSR count). The fourth-order valence-corrected chi connectivity index (χ4v) is 5.58. The molecule has 8 heteroatoms. The van der Waals surface area contributed by atoms with E-state index in [0.717, 1.165) is 40.2 Å². The summed E-state index contributed by atoms with van der Waals surface area (Å²) in [5.74, 6) is 1.57. The van der Waals surface area contributed by atoms with E-state index in [9.17, 15) is 4.79 Å². The Labute approximate surface area is 195 Å². The summed E-state index contributed by atoms with van der Waals surface area (Å²) in [4.78, 5) is 17.5. The average Bonchev–Trinajstić information content (AvgIpc) is 3.44. The van der Waals surface area contributed by atoms with Crippen molar-refractivity contribution in [1.82, 2.24) is 19.7 Å². The van der Waals surface area contributed by atoms with Crippen molar-refractivity contribution in [2.24, 2.45) is 0 Å². The van der Waals surface area contributed by atoms with Crippen molar-refractivity contribution in [2.75, 3.05) is 5.32 Å². The number of thiazole rings is 1. The van der Waals surface area contributed by atoms with Crippen LogP contribution in [0.1, 0.15) is 49.0 Å². The van der Waals surface area contributed by atoms with E-state index in [0.29, 0.717) is 5.92 Å². The smallest absolute Gasteiger partial charge is 0.237 e. The number of anilines is 1. The zero-order valence-corrected chi connectivity index (χ0v) is 19.7. The molecule has 0 radical (unpaired) electrons. The van der Waals surface area contributed by atoms with E-state index in [1.54, 1.807) is 11.3 Å². The van der Waals surface area contributed by atoms with Crippen LogP contribution in [0.25, 0.3) is 10.2 Å². The maximum Gasteiger partial charge on any atom is 0.237 e. The van der Waals surface area contributed by atoms with Gasteiger partial charge in [0.2, 0.25) is 5.91 Å². The average molecular weight is 464 g/mol. The Morgan fingerprint density at radius 3 is 2.69 bits per heavy atom. The molecule has 1 aliphatic carbocycles. The lowest BCUT2D eigenvalue weighted by molar-refractivity contribution is -0.115. The number of rotatable bonds is 8. The number of aromatic nitrogens is 4. The second-order valence-corrected chi connectivity index (χ2v) is 10.5. The maximum absolute atomic E-state index is 12.7. The van der Waals surface area contributed by atoms with Crippen LogP contribution in [0.4, 0.5) is 5.69 Å². The molecular formula is C24H25N5OS2. The number of fused-ring (bicyclic) bond motifs is 1. The van der Waals surface area contributed by atoms with E-state index in [2.05, 4.69) is 45.2 Å².